The second-order valence-electron chi connectivity index (χ2n) is 10.2. The van der Waals surface area contributed by atoms with Crippen LogP contribution in [-0.4, -0.2) is 58.5 Å². The minimum absolute atomic E-state index is 0.0109. The van der Waals surface area contributed by atoms with Crippen LogP contribution < -0.4 is 10.1 Å². The highest BCUT2D eigenvalue weighted by Gasteiger charge is 2.51. The number of nitrogens with one attached hydrogen (secondary N) is 1. The molecule has 0 spiro atoms. The van der Waals surface area contributed by atoms with E-state index in [4.69, 9.17) is 0 Å². The summed E-state index contributed by atoms with van der Waals surface area (Å²) in [5.41, 5.74) is -0.0398. The van der Waals surface area contributed by atoms with Crippen LogP contribution in [0, 0.1) is 5.82 Å². The number of benzene rings is 2. The topological polar surface area (TPSA) is 113 Å². The summed E-state index contributed by atoms with van der Waals surface area (Å²) in [4.78, 5) is 13.3. The third kappa shape index (κ3) is 5.37. The van der Waals surface area contributed by atoms with Gasteiger partial charge in [0.2, 0.25) is 5.91 Å². The number of ether oxygens (including phenoxy) is 2. The second kappa shape index (κ2) is 10.2. The van der Waals surface area contributed by atoms with Gasteiger partial charge in [0, 0.05) is 29.7 Å². The average molecular weight is 537 g/mol. The summed E-state index contributed by atoms with van der Waals surface area (Å²) >= 11 is 0. The number of hydrogen-bond donors (Lipinski definition) is 4. The SMILES string of the molecule is COC(F)(F)Oc1ccc(C2(C(=O)Nc3cc4cc(C(C)(C)CO)n(C[C@@H](O)CO)c4cc3F)CC2)cc1. The summed E-state index contributed by atoms with van der Waals surface area (Å²) in [6.07, 6.45) is -3.87. The molecular formula is C27H31F3N2O6. The average Bonchev–Trinajstić information content (AvgIpc) is 3.63. The van der Waals surface area contributed by atoms with Crippen LogP contribution in [0.15, 0.2) is 42.5 Å². The number of aromatic nitrogens is 1. The number of anilines is 1. The van der Waals surface area contributed by atoms with E-state index in [0.29, 0.717) is 35.0 Å². The lowest BCUT2D eigenvalue weighted by Gasteiger charge is -2.25. The van der Waals surface area contributed by atoms with Crippen molar-refractivity contribution in [2.45, 2.75) is 56.5 Å². The molecule has 1 fully saturated rings. The predicted molar refractivity (Wildman–Crippen MR) is 134 cm³/mol. The molecule has 1 aromatic heterocycles. The van der Waals surface area contributed by atoms with E-state index < -0.39 is 41.6 Å². The molecule has 0 saturated heterocycles. The second-order valence-corrected chi connectivity index (χ2v) is 10.2. The zero-order valence-electron chi connectivity index (χ0n) is 21.3. The largest absolute Gasteiger partial charge is 0.535 e. The van der Waals surface area contributed by atoms with Gasteiger partial charge in [-0.1, -0.05) is 26.0 Å². The molecule has 2 aromatic carbocycles. The number of aliphatic hydroxyl groups is 3. The van der Waals surface area contributed by atoms with E-state index >= 15 is 4.39 Å². The van der Waals surface area contributed by atoms with Crippen LogP contribution in [0.25, 0.3) is 10.9 Å². The monoisotopic (exact) mass is 536 g/mol. The molecule has 1 amide bonds. The molecule has 1 aliphatic carbocycles. The van der Waals surface area contributed by atoms with Crippen LogP contribution in [-0.2, 0) is 26.9 Å². The van der Waals surface area contributed by atoms with Crippen LogP contribution >= 0.6 is 0 Å². The normalized spacial score (nSPS) is 15.9. The lowest BCUT2D eigenvalue weighted by atomic mass is 9.90. The van der Waals surface area contributed by atoms with Gasteiger partial charge in [0.15, 0.2) is 0 Å². The number of methoxy groups -OCH3 is 1. The van der Waals surface area contributed by atoms with Gasteiger partial charge in [-0.25, -0.2) is 4.39 Å². The summed E-state index contributed by atoms with van der Waals surface area (Å²) in [7, 11) is 0.816. The smallest absolute Gasteiger partial charge is 0.409 e. The van der Waals surface area contributed by atoms with Gasteiger partial charge in [0.1, 0.15) is 11.6 Å². The number of hydrogen-bond acceptors (Lipinski definition) is 6. The Hall–Kier alpha value is -3.12. The first-order chi connectivity index (χ1) is 17.9. The number of carbonyl (C=O) groups excluding carboxylic acids is 1. The van der Waals surface area contributed by atoms with Gasteiger partial charge in [-0.3, -0.25) is 9.53 Å². The van der Waals surface area contributed by atoms with Gasteiger partial charge in [0.05, 0.1) is 42.5 Å². The minimum Gasteiger partial charge on any atom is -0.409 e. The van der Waals surface area contributed by atoms with E-state index in [1.165, 1.54) is 36.4 Å². The first-order valence-corrected chi connectivity index (χ1v) is 12.1. The summed E-state index contributed by atoms with van der Waals surface area (Å²) < 4.78 is 52.0. The molecule has 1 saturated carbocycles. The molecule has 3 aromatic rings. The van der Waals surface area contributed by atoms with E-state index in [0.717, 1.165) is 7.11 Å². The first kappa shape index (κ1) is 27.9. The standard InChI is InChI=1S/C27H31F3N2O6/c1-25(2,15-34)23-11-16-10-21(20(28)12-22(16)32(23)13-18(35)14-33)31-24(36)26(8-9-26)17-4-6-19(7-5-17)38-27(29,30)37-3/h4-7,10-12,18,33-35H,8-9,13-15H2,1-3H3,(H,31,36)/t18-/m1/s1. The molecule has 0 bridgehead atoms. The molecule has 206 valence electrons. The van der Waals surface area contributed by atoms with Crippen molar-refractivity contribution in [1.29, 1.82) is 0 Å². The Morgan fingerprint density at radius 2 is 1.82 bits per heavy atom. The van der Waals surface area contributed by atoms with Crippen molar-refractivity contribution in [1.82, 2.24) is 4.57 Å². The predicted octanol–water partition coefficient (Wildman–Crippen LogP) is 3.65. The van der Waals surface area contributed by atoms with E-state index in [1.807, 2.05) is 0 Å². The Morgan fingerprint density at radius 3 is 2.37 bits per heavy atom. The number of rotatable bonds is 11. The number of fused-ring (bicyclic) bond motifs is 1. The van der Waals surface area contributed by atoms with Crippen LogP contribution in [0.3, 0.4) is 0 Å². The van der Waals surface area contributed by atoms with Gasteiger partial charge in [-0.2, -0.15) is 0 Å². The number of aliphatic hydroxyl groups excluding tert-OH is 3. The molecule has 1 aliphatic rings. The summed E-state index contributed by atoms with van der Waals surface area (Å²) in [6, 6.07) is 10.2. The Morgan fingerprint density at radius 1 is 1.16 bits per heavy atom. The fourth-order valence-corrected chi connectivity index (χ4v) is 4.52. The van der Waals surface area contributed by atoms with E-state index in [9.17, 15) is 28.9 Å². The lowest BCUT2D eigenvalue weighted by Crippen LogP contribution is -2.29. The third-order valence-electron chi connectivity index (χ3n) is 7.00. The van der Waals surface area contributed by atoms with Crippen LogP contribution in [0.2, 0.25) is 0 Å². The van der Waals surface area contributed by atoms with Crippen molar-refractivity contribution >= 4 is 22.5 Å². The molecule has 1 atom stereocenters. The molecule has 4 N–H and O–H groups in total. The Labute approximate surface area is 217 Å². The maximum absolute atomic E-state index is 15.2. The third-order valence-corrected chi connectivity index (χ3v) is 7.00. The molecular weight excluding hydrogens is 505 g/mol. The number of amides is 1. The van der Waals surface area contributed by atoms with Crippen LogP contribution in [0.1, 0.15) is 37.9 Å². The van der Waals surface area contributed by atoms with E-state index in [1.54, 1.807) is 24.5 Å². The highest BCUT2D eigenvalue weighted by Crippen LogP contribution is 2.49. The first-order valence-electron chi connectivity index (χ1n) is 12.1. The molecule has 0 radical (unpaired) electrons. The van der Waals surface area contributed by atoms with Gasteiger partial charge >= 0.3 is 6.29 Å². The minimum atomic E-state index is -3.78. The summed E-state index contributed by atoms with van der Waals surface area (Å²) in [6.45, 7) is 2.89. The molecule has 0 aliphatic heterocycles. The number of alkyl halides is 2. The van der Waals surface area contributed by atoms with Gasteiger partial charge in [-0.05, 0) is 42.7 Å². The molecule has 0 unspecified atom stereocenters. The maximum Gasteiger partial charge on any atom is 0.535 e. The summed E-state index contributed by atoms with van der Waals surface area (Å²) in [5.74, 6) is -1.26. The van der Waals surface area contributed by atoms with Crippen molar-refractivity contribution in [2.24, 2.45) is 0 Å². The quantitative estimate of drug-likeness (QED) is 0.279. The number of nitrogens with zero attached hydrogens (tertiary/aromatic N) is 1. The van der Waals surface area contributed by atoms with Crippen molar-refractivity contribution in [3.8, 4) is 5.75 Å². The molecule has 38 heavy (non-hydrogen) atoms. The molecule has 4 rings (SSSR count). The fourth-order valence-electron chi connectivity index (χ4n) is 4.52. The molecule has 8 nitrogen and oxygen atoms in total. The van der Waals surface area contributed by atoms with E-state index in [-0.39, 0.29) is 24.6 Å². The Bertz CT molecular complexity index is 1320. The summed E-state index contributed by atoms with van der Waals surface area (Å²) in [5, 5.41) is 32.5. The Kier molecular flexibility index (Phi) is 7.50. The zero-order chi connectivity index (χ0) is 27.9. The Balaban J connectivity index is 1.62. The number of halogens is 3. The van der Waals surface area contributed by atoms with Gasteiger partial charge in [0.25, 0.3) is 0 Å². The highest BCUT2D eigenvalue weighted by atomic mass is 19.3. The fraction of sp³-hybridized carbons (Fsp3) is 0.444. The molecule has 11 heteroatoms. The van der Waals surface area contributed by atoms with Gasteiger partial charge in [-0.15, -0.1) is 8.78 Å². The lowest BCUT2D eigenvalue weighted by molar-refractivity contribution is -0.342. The van der Waals surface area contributed by atoms with Crippen molar-refractivity contribution in [2.75, 3.05) is 25.6 Å². The highest BCUT2D eigenvalue weighted by molar-refractivity contribution is 6.02. The van der Waals surface area contributed by atoms with Crippen LogP contribution in [0.4, 0.5) is 18.9 Å². The maximum atomic E-state index is 15.2. The van der Waals surface area contributed by atoms with Crippen molar-refractivity contribution in [3.63, 3.8) is 0 Å². The van der Waals surface area contributed by atoms with Gasteiger partial charge < -0.3 is 29.9 Å². The number of carbonyl (C=O) groups is 1. The van der Waals surface area contributed by atoms with Crippen LogP contribution in [0.5, 0.6) is 5.75 Å². The molecule has 1 heterocycles. The van der Waals surface area contributed by atoms with Crippen molar-refractivity contribution < 1.29 is 42.8 Å². The zero-order valence-corrected chi connectivity index (χ0v) is 21.3. The van der Waals surface area contributed by atoms with Crippen molar-refractivity contribution in [3.05, 3.63) is 59.5 Å². The van der Waals surface area contributed by atoms with E-state index in [2.05, 4.69) is 14.8 Å².